The van der Waals surface area contributed by atoms with Crippen LogP contribution in [0.15, 0.2) is 48.7 Å². The highest BCUT2D eigenvalue weighted by molar-refractivity contribution is 5.95. The van der Waals surface area contributed by atoms with Gasteiger partial charge in [0, 0.05) is 6.20 Å². The minimum atomic E-state index is -1.80. The molecule has 0 spiro atoms. The monoisotopic (exact) mass is 344 g/mol. The molecular weight excluding hydrogens is 328 g/mol. The number of aliphatic hydroxyl groups is 1. The van der Waals surface area contributed by atoms with Gasteiger partial charge in [-0.3, -0.25) is 4.79 Å². The first-order valence-electron chi connectivity index (χ1n) is 7.33. The number of hydrogen-bond donors (Lipinski definition) is 4. The number of nitrogens with one attached hydrogen (secondary N) is 1. The number of aromatic carboxylic acids is 1. The normalized spacial score (nSPS) is 12.8. The van der Waals surface area contributed by atoms with Crippen molar-refractivity contribution in [3.8, 4) is 0 Å². The molecule has 0 saturated heterocycles. The fraction of sp³-hybridized carbons (Fsp3) is 0.176. The van der Waals surface area contributed by atoms with E-state index in [1.54, 1.807) is 30.3 Å². The second-order valence-electron chi connectivity index (χ2n) is 5.29. The van der Waals surface area contributed by atoms with Crippen molar-refractivity contribution in [3.63, 3.8) is 0 Å². The van der Waals surface area contributed by atoms with Crippen LogP contribution in [0.3, 0.4) is 0 Å². The van der Waals surface area contributed by atoms with Gasteiger partial charge in [0.1, 0.15) is 5.69 Å². The van der Waals surface area contributed by atoms with E-state index in [2.05, 4.69) is 10.3 Å². The van der Waals surface area contributed by atoms with Gasteiger partial charge in [-0.15, -0.1) is 0 Å². The third-order valence-corrected chi connectivity index (χ3v) is 3.49. The van der Waals surface area contributed by atoms with Gasteiger partial charge in [0.15, 0.2) is 6.10 Å². The largest absolute Gasteiger partial charge is 0.479 e. The van der Waals surface area contributed by atoms with Gasteiger partial charge in [-0.05, 0) is 24.1 Å². The molecule has 0 radical (unpaired) electrons. The summed E-state index contributed by atoms with van der Waals surface area (Å²) in [6.45, 7) is 0. The van der Waals surface area contributed by atoms with Gasteiger partial charge < -0.3 is 20.6 Å². The number of aliphatic hydroxyl groups excluding tert-OH is 1. The van der Waals surface area contributed by atoms with Crippen LogP contribution in [0.25, 0.3) is 0 Å². The quantitative estimate of drug-likeness (QED) is 0.576. The Kier molecular flexibility index (Phi) is 5.80. The third-order valence-electron chi connectivity index (χ3n) is 3.49. The topological polar surface area (TPSA) is 137 Å². The van der Waals surface area contributed by atoms with Gasteiger partial charge >= 0.3 is 11.9 Å². The molecule has 1 amide bonds. The lowest BCUT2D eigenvalue weighted by Crippen LogP contribution is -2.48. The molecule has 130 valence electrons. The Morgan fingerprint density at radius 1 is 1.04 bits per heavy atom. The lowest BCUT2D eigenvalue weighted by molar-refractivity contribution is -0.148. The molecular formula is C17H16N2O6. The highest BCUT2D eigenvalue weighted by atomic mass is 16.4. The minimum Gasteiger partial charge on any atom is -0.479 e. The van der Waals surface area contributed by atoms with Crippen molar-refractivity contribution < 1.29 is 29.7 Å². The van der Waals surface area contributed by atoms with Crippen molar-refractivity contribution in [1.82, 2.24) is 10.3 Å². The molecule has 0 aliphatic carbocycles. The predicted molar refractivity (Wildman–Crippen MR) is 86.2 cm³/mol. The van der Waals surface area contributed by atoms with Crippen molar-refractivity contribution in [1.29, 1.82) is 0 Å². The fourth-order valence-corrected chi connectivity index (χ4v) is 2.19. The fourth-order valence-electron chi connectivity index (χ4n) is 2.19. The first-order valence-corrected chi connectivity index (χ1v) is 7.33. The Labute approximate surface area is 142 Å². The summed E-state index contributed by atoms with van der Waals surface area (Å²) in [5.41, 5.74) is 0.580. The Morgan fingerprint density at radius 2 is 1.72 bits per heavy atom. The standard InChI is InChI=1S/C17H16N2O6/c20-14(17(24)25)13(8-10-4-2-1-3-5-10)19-15(21)11-6-7-12(16(22)23)18-9-11/h1-7,9,13-14,20H,8H2,(H,19,21)(H,22,23)(H,24,25). The van der Waals surface area contributed by atoms with Gasteiger partial charge in [-0.2, -0.15) is 0 Å². The zero-order chi connectivity index (χ0) is 18.4. The van der Waals surface area contributed by atoms with E-state index in [9.17, 15) is 19.5 Å². The highest BCUT2D eigenvalue weighted by Gasteiger charge is 2.28. The maximum atomic E-state index is 12.3. The Hall–Kier alpha value is -3.26. The van der Waals surface area contributed by atoms with Crippen LogP contribution in [-0.4, -0.2) is 50.3 Å². The molecule has 2 atom stereocenters. The van der Waals surface area contributed by atoms with Gasteiger partial charge in [0.05, 0.1) is 11.6 Å². The van der Waals surface area contributed by atoms with Crippen molar-refractivity contribution in [2.45, 2.75) is 18.6 Å². The van der Waals surface area contributed by atoms with Crippen molar-refractivity contribution in [3.05, 3.63) is 65.5 Å². The number of carboxylic acids is 2. The maximum absolute atomic E-state index is 12.3. The number of hydrogen-bond acceptors (Lipinski definition) is 5. The summed E-state index contributed by atoms with van der Waals surface area (Å²) in [5, 5.41) is 30.1. The number of nitrogens with zero attached hydrogens (tertiary/aromatic N) is 1. The molecule has 2 unspecified atom stereocenters. The SMILES string of the molecule is O=C(NC(Cc1ccccc1)C(O)C(=O)O)c1ccc(C(=O)O)nc1. The maximum Gasteiger partial charge on any atom is 0.354 e. The van der Waals surface area contributed by atoms with Gasteiger partial charge in [0.25, 0.3) is 5.91 Å². The van der Waals surface area contributed by atoms with E-state index in [1.165, 1.54) is 6.07 Å². The Balaban J connectivity index is 2.16. The zero-order valence-corrected chi connectivity index (χ0v) is 13.0. The van der Waals surface area contributed by atoms with Crippen molar-refractivity contribution in [2.24, 2.45) is 0 Å². The van der Waals surface area contributed by atoms with Crippen LogP contribution in [0.5, 0.6) is 0 Å². The molecule has 0 bridgehead atoms. The minimum absolute atomic E-state index is 0.0562. The molecule has 1 aromatic carbocycles. The average Bonchev–Trinajstić information content (AvgIpc) is 2.61. The van der Waals surface area contributed by atoms with E-state index in [0.717, 1.165) is 17.8 Å². The third kappa shape index (κ3) is 4.85. The number of amides is 1. The molecule has 8 nitrogen and oxygen atoms in total. The van der Waals surface area contributed by atoms with E-state index in [1.807, 2.05) is 0 Å². The van der Waals surface area contributed by atoms with E-state index in [-0.39, 0.29) is 17.7 Å². The lowest BCUT2D eigenvalue weighted by Gasteiger charge is -2.21. The number of carbonyl (C=O) groups is 3. The molecule has 1 aromatic heterocycles. The molecule has 8 heteroatoms. The average molecular weight is 344 g/mol. The summed E-state index contributed by atoms with van der Waals surface area (Å²) in [5.74, 6) is -3.35. The molecule has 0 saturated carbocycles. The van der Waals surface area contributed by atoms with Gasteiger partial charge in [-0.25, -0.2) is 14.6 Å². The Morgan fingerprint density at radius 3 is 2.24 bits per heavy atom. The smallest absolute Gasteiger partial charge is 0.354 e. The van der Waals surface area contributed by atoms with Crippen LogP contribution in [0.2, 0.25) is 0 Å². The highest BCUT2D eigenvalue weighted by Crippen LogP contribution is 2.09. The molecule has 25 heavy (non-hydrogen) atoms. The molecule has 1 heterocycles. The number of carbonyl (C=O) groups excluding carboxylic acids is 1. The summed E-state index contributed by atoms with van der Waals surface area (Å²) >= 11 is 0. The summed E-state index contributed by atoms with van der Waals surface area (Å²) in [4.78, 5) is 37.7. The molecule has 0 aliphatic heterocycles. The summed E-state index contributed by atoms with van der Waals surface area (Å²) < 4.78 is 0. The molecule has 0 aliphatic rings. The lowest BCUT2D eigenvalue weighted by atomic mass is 10.0. The van der Waals surface area contributed by atoms with Crippen LogP contribution in [0, 0.1) is 0 Å². The predicted octanol–water partition coefficient (Wildman–Crippen LogP) is 0.566. The first kappa shape index (κ1) is 18.1. The number of carboxylic acid groups (broad SMARTS) is 2. The van der Waals surface area contributed by atoms with Crippen LogP contribution in [-0.2, 0) is 11.2 Å². The van der Waals surface area contributed by atoms with Gasteiger partial charge in [-0.1, -0.05) is 30.3 Å². The van der Waals surface area contributed by atoms with Gasteiger partial charge in [0.2, 0.25) is 0 Å². The van der Waals surface area contributed by atoms with Crippen LogP contribution >= 0.6 is 0 Å². The zero-order valence-electron chi connectivity index (χ0n) is 13.0. The molecule has 0 fully saturated rings. The van der Waals surface area contributed by atoms with Crippen molar-refractivity contribution in [2.75, 3.05) is 0 Å². The van der Waals surface area contributed by atoms with Crippen molar-refractivity contribution >= 4 is 17.8 Å². The number of pyridine rings is 1. The number of benzene rings is 1. The summed E-state index contributed by atoms with van der Waals surface area (Å²) in [7, 11) is 0. The van der Waals surface area contributed by atoms with Crippen LogP contribution < -0.4 is 5.32 Å². The number of aliphatic carboxylic acids is 1. The second-order valence-corrected chi connectivity index (χ2v) is 5.29. The van der Waals surface area contributed by atoms with Crippen LogP contribution in [0.4, 0.5) is 0 Å². The second kappa shape index (κ2) is 8.02. The first-order chi connectivity index (χ1) is 11.9. The summed E-state index contributed by atoms with van der Waals surface area (Å²) in [6, 6.07) is 10.2. The van der Waals surface area contributed by atoms with Crippen LogP contribution in [0.1, 0.15) is 26.4 Å². The van der Waals surface area contributed by atoms with E-state index >= 15 is 0 Å². The van der Waals surface area contributed by atoms with E-state index in [0.29, 0.717) is 0 Å². The number of aromatic nitrogens is 1. The van der Waals surface area contributed by atoms with E-state index in [4.69, 9.17) is 10.2 Å². The molecule has 2 aromatic rings. The molecule has 4 N–H and O–H groups in total. The molecule has 2 rings (SSSR count). The van der Waals surface area contributed by atoms with E-state index < -0.39 is 30.0 Å². The Bertz CT molecular complexity index is 760. The number of rotatable bonds is 7. The summed E-state index contributed by atoms with van der Waals surface area (Å²) in [6.07, 6.45) is -0.609.